The van der Waals surface area contributed by atoms with Crippen molar-refractivity contribution in [1.82, 2.24) is 4.72 Å². The number of hydrogen-bond donors (Lipinski definition) is 1. The van der Waals surface area contributed by atoms with Crippen molar-refractivity contribution in [2.24, 2.45) is 0 Å². The summed E-state index contributed by atoms with van der Waals surface area (Å²) in [5, 5.41) is 8.70. The zero-order valence-electron chi connectivity index (χ0n) is 9.92. The lowest BCUT2D eigenvalue weighted by atomic mass is 10.2. The van der Waals surface area contributed by atoms with Crippen LogP contribution in [-0.4, -0.2) is 31.2 Å². The first-order valence-electron chi connectivity index (χ1n) is 5.25. The normalized spacial score (nSPS) is 12.9. The van der Waals surface area contributed by atoms with Gasteiger partial charge in [-0.1, -0.05) is 6.07 Å². The summed E-state index contributed by atoms with van der Waals surface area (Å²) in [5.41, 5.74) is 0.299. The number of rotatable bonds is 6. The van der Waals surface area contributed by atoms with Crippen molar-refractivity contribution in [3.8, 4) is 6.07 Å². The minimum Gasteiger partial charge on any atom is -0.260 e. The second-order valence-corrected chi connectivity index (χ2v) is 6.99. The van der Waals surface area contributed by atoms with Crippen molar-refractivity contribution >= 4 is 20.8 Å². The van der Waals surface area contributed by atoms with E-state index in [4.69, 9.17) is 5.26 Å². The van der Waals surface area contributed by atoms with Gasteiger partial charge in [-0.15, -0.1) is 0 Å². The van der Waals surface area contributed by atoms with Crippen LogP contribution in [0.15, 0.2) is 29.2 Å². The molecule has 1 atom stereocenters. The molecule has 18 heavy (non-hydrogen) atoms. The molecular weight excluding hydrogens is 272 g/mol. The predicted molar refractivity (Wildman–Crippen MR) is 69.9 cm³/mol. The quantitative estimate of drug-likeness (QED) is 0.776. The minimum absolute atomic E-state index is 0.0687. The topological polar surface area (TPSA) is 87.0 Å². The van der Waals surface area contributed by atoms with Crippen LogP contribution in [0.1, 0.15) is 12.0 Å². The fourth-order valence-electron chi connectivity index (χ4n) is 1.30. The third-order valence-electron chi connectivity index (χ3n) is 2.17. The first-order chi connectivity index (χ1) is 8.45. The zero-order valence-corrected chi connectivity index (χ0v) is 11.6. The molecule has 0 aromatic heterocycles. The van der Waals surface area contributed by atoms with Crippen molar-refractivity contribution in [2.75, 3.05) is 18.6 Å². The van der Waals surface area contributed by atoms with Gasteiger partial charge in [-0.3, -0.25) is 4.21 Å². The molecule has 0 saturated carbocycles. The Kier molecular flexibility index (Phi) is 5.47. The molecule has 0 bridgehead atoms. The predicted octanol–water partition coefficient (Wildman–Crippen LogP) is 0.605. The highest BCUT2D eigenvalue weighted by Crippen LogP contribution is 2.10. The van der Waals surface area contributed by atoms with Gasteiger partial charge in [0.05, 0.1) is 16.5 Å². The highest BCUT2D eigenvalue weighted by atomic mass is 32.2. The fourth-order valence-corrected chi connectivity index (χ4v) is 2.97. The average Bonchev–Trinajstić information content (AvgIpc) is 2.34. The van der Waals surface area contributed by atoms with Crippen LogP contribution in [0.3, 0.4) is 0 Å². The molecule has 0 heterocycles. The Morgan fingerprint density at radius 2 is 2.17 bits per heavy atom. The van der Waals surface area contributed by atoms with Gasteiger partial charge < -0.3 is 0 Å². The lowest BCUT2D eigenvalue weighted by Crippen LogP contribution is -2.25. The molecule has 1 rings (SSSR count). The van der Waals surface area contributed by atoms with Crippen molar-refractivity contribution < 1.29 is 12.6 Å². The van der Waals surface area contributed by atoms with Crippen molar-refractivity contribution in [3.05, 3.63) is 29.8 Å². The van der Waals surface area contributed by atoms with E-state index in [1.807, 2.05) is 6.07 Å². The molecule has 7 heteroatoms. The maximum Gasteiger partial charge on any atom is 0.240 e. The maximum atomic E-state index is 11.8. The largest absolute Gasteiger partial charge is 0.260 e. The number of benzene rings is 1. The summed E-state index contributed by atoms with van der Waals surface area (Å²) in [6.07, 6.45) is 2.09. The van der Waals surface area contributed by atoms with Crippen molar-refractivity contribution in [1.29, 1.82) is 5.26 Å². The van der Waals surface area contributed by atoms with Gasteiger partial charge >= 0.3 is 0 Å². The molecule has 0 aliphatic carbocycles. The smallest absolute Gasteiger partial charge is 0.240 e. The molecule has 0 amide bonds. The molecule has 98 valence electrons. The van der Waals surface area contributed by atoms with Crippen LogP contribution in [0, 0.1) is 11.3 Å². The molecule has 0 fully saturated rings. The summed E-state index contributed by atoms with van der Waals surface area (Å²) in [6.45, 7) is 0.235. The van der Waals surface area contributed by atoms with E-state index in [-0.39, 0.29) is 11.4 Å². The minimum atomic E-state index is -3.59. The van der Waals surface area contributed by atoms with Gasteiger partial charge in [0.2, 0.25) is 10.0 Å². The Morgan fingerprint density at radius 3 is 2.78 bits per heavy atom. The van der Waals surface area contributed by atoms with E-state index in [9.17, 15) is 12.6 Å². The molecule has 1 aromatic rings. The van der Waals surface area contributed by atoms with E-state index in [0.29, 0.717) is 17.7 Å². The summed E-state index contributed by atoms with van der Waals surface area (Å²) in [5.74, 6) is 0.459. The molecular formula is C11H14N2O3S2. The number of nitrogens with zero attached hydrogens (tertiary/aromatic N) is 1. The van der Waals surface area contributed by atoms with Gasteiger partial charge in [0.25, 0.3) is 0 Å². The van der Waals surface area contributed by atoms with Crippen LogP contribution in [0.4, 0.5) is 0 Å². The van der Waals surface area contributed by atoms with Crippen LogP contribution in [0.5, 0.6) is 0 Å². The summed E-state index contributed by atoms with van der Waals surface area (Å²) >= 11 is 0. The Labute approximate surface area is 109 Å². The molecule has 1 unspecified atom stereocenters. The molecule has 1 N–H and O–H groups in total. The number of nitriles is 1. The fraction of sp³-hybridized carbons (Fsp3) is 0.364. The lowest BCUT2D eigenvalue weighted by Gasteiger charge is -2.06. The van der Waals surface area contributed by atoms with Gasteiger partial charge in [0, 0.05) is 29.4 Å². The average molecular weight is 286 g/mol. The maximum absolute atomic E-state index is 11.8. The first kappa shape index (κ1) is 14.8. The van der Waals surface area contributed by atoms with Crippen LogP contribution >= 0.6 is 0 Å². The second-order valence-electron chi connectivity index (χ2n) is 3.67. The summed E-state index contributed by atoms with van der Waals surface area (Å²) < 4.78 is 36.9. The van der Waals surface area contributed by atoms with Crippen LogP contribution in [0.25, 0.3) is 0 Å². The number of sulfonamides is 1. The van der Waals surface area contributed by atoms with Crippen molar-refractivity contribution in [2.45, 2.75) is 11.3 Å². The molecule has 0 aliphatic heterocycles. The van der Waals surface area contributed by atoms with E-state index in [0.717, 1.165) is 0 Å². The molecule has 0 saturated heterocycles. The highest BCUT2D eigenvalue weighted by molar-refractivity contribution is 7.89. The molecule has 5 nitrogen and oxygen atoms in total. The van der Waals surface area contributed by atoms with Gasteiger partial charge in [-0.05, 0) is 24.6 Å². The van der Waals surface area contributed by atoms with Gasteiger partial charge in [-0.2, -0.15) is 5.26 Å². The van der Waals surface area contributed by atoms with Gasteiger partial charge in [-0.25, -0.2) is 13.1 Å². The Morgan fingerprint density at radius 1 is 1.44 bits per heavy atom. The molecule has 0 radical (unpaired) electrons. The number of hydrogen-bond acceptors (Lipinski definition) is 4. The first-order valence-corrected chi connectivity index (χ1v) is 8.46. The molecule has 0 spiro atoms. The molecule has 0 aliphatic rings. The monoisotopic (exact) mass is 286 g/mol. The summed E-state index contributed by atoms with van der Waals surface area (Å²) in [4.78, 5) is 0.0687. The van der Waals surface area contributed by atoms with E-state index in [2.05, 4.69) is 4.72 Å². The van der Waals surface area contributed by atoms with Crippen LogP contribution in [0.2, 0.25) is 0 Å². The van der Waals surface area contributed by atoms with Gasteiger partial charge in [0.15, 0.2) is 0 Å². The summed E-state index contributed by atoms with van der Waals surface area (Å²) in [7, 11) is -4.51. The Balaban J connectivity index is 2.69. The summed E-state index contributed by atoms with van der Waals surface area (Å²) in [6, 6.07) is 7.70. The van der Waals surface area contributed by atoms with Crippen LogP contribution < -0.4 is 4.72 Å². The van der Waals surface area contributed by atoms with E-state index >= 15 is 0 Å². The third-order valence-corrected chi connectivity index (χ3v) is 4.50. The standard InChI is InChI=1S/C11H14N2O3S2/c1-17(14)7-3-6-13-18(15,16)11-5-2-4-10(8-11)9-12/h2,4-5,8,13H,3,6-7H2,1H3. The molecule has 1 aromatic carbocycles. The third kappa shape index (κ3) is 4.56. The van der Waals surface area contributed by atoms with Gasteiger partial charge in [0.1, 0.15) is 0 Å². The zero-order chi connectivity index (χ0) is 13.6. The van der Waals surface area contributed by atoms with Crippen LogP contribution in [-0.2, 0) is 20.8 Å². The SMILES string of the molecule is CS(=O)CCCNS(=O)(=O)c1cccc(C#N)c1. The second kappa shape index (κ2) is 6.64. The Hall–Kier alpha value is -1.23. The van der Waals surface area contributed by atoms with Crippen molar-refractivity contribution in [3.63, 3.8) is 0 Å². The van der Waals surface area contributed by atoms with E-state index in [1.165, 1.54) is 18.2 Å². The Bertz CT molecular complexity index is 576. The highest BCUT2D eigenvalue weighted by Gasteiger charge is 2.13. The van der Waals surface area contributed by atoms with E-state index in [1.54, 1.807) is 12.3 Å². The lowest BCUT2D eigenvalue weighted by molar-refractivity contribution is 0.580. The van der Waals surface area contributed by atoms with E-state index < -0.39 is 20.8 Å². The number of nitrogens with one attached hydrogen (secondary N) is 1.